The Morgan fingerprint density at radius 1 is 1.29 bits per heavy atom. The van der Waals surface area contributed by atoms with Crippen LogP contribution in [0.5, 0.6) is 0 Å². The molecule has 0 aliphatic carbocycles. The Kier molecular flexibility index (Phi) is 5.29. The highest BCUT2D eigenvalue weighted by Gasteiger charge is 2.44. The number of rotatable bonds is 7. The maximum absolute atomic E-state index is 12.1. The molecule has 0 saturated carbocycles. The Morgan fingerprint density at radius 2 is 1.76 bits per heavy atom. The number of nitrogens with zero attached hydrogens (tertiary/aromatic N) is 1. The predicted molar refractivity (Wildman–Crippen MR) is 64.6 cm³/mol. The molecule has 0 fully saturated rings. The van der Waals surface area contributed by atoms with E-state index in [4.69, 9.17) is 5.11 Å². The van der Waals surface area contributed by atoms with Gasteiger partial charge in [-0.15, -0.1) is 0 Å². The van der Waals surface area contributed by atoms with E-state index in [1.54, 1.807) is 6.92 Å². The van der Waals surface area contributed by atoms with Crippen LogP contribution in [-0.2, 0) is 9.59 Å². The number of quaternary nitrogens is 1. The van der Waals surface area contributed by atoms with E-state index < -0.39 is 18.0 Å². The van der Waals surface area contributed by atoms with Crippen LogP contribution >= 0.6 is 0 Å². The zero-order valence-electron chi connectivity index (χ0n) is 11.4. The van der Waals surface area contributed by atoms with Crippen molar-refractivity contribution in [3.05, 3.63) is 0 Å². The Balaban J connectivity index is 5.09. The van der Waals surface area contributed by atoms with Crippen LogP contribution < -0.4 is 0 Å². The second-order valence-corrected chi connectivity index (χ2v) is 5.72. The lowest BCUT2D eigenvalue weighted by atomic mass is 9.85. The minimum Gasteiger partial charge on any atom is -0.481 e. The van der Waals surface area contributed by atoms with Crippen LogP contribution in [0.3, 0.4) is 0 Å². The number of carbonyl (C=O) groups excluding carboxylic acids is 1. The third-order valence-electron chi connectivity index (χ3n) is 2.70. The van der Waals surface area contributed by atoms with Gasteiger partial charge in [-0.1, -0.05) is 13.8 Å². The molecule has 100 valence electrons. The molecular weight excluding hydrogens is 222 g/mol. The van der Waals surface area contributed by atoms with E-state index in [9.17, 15) is 14.7 Å². The molecule has 1 unspecified atom stereocenters. The highest BCUT2D eigenvalue weighted by Crippen LogP contribution is 2.21. The number of aliphatic hydroxyl groups is 1. The number of Topliss-reactive ketones (excluding diaryl/α,β-unsaturated/α-hetero) is 1. The summed E-state index contributed by atoms with van der Waals surface area (Å²) in [6.45, 7) is 3.66. The molecule has 5 nitrogen and oxygen atoms in total. The fourth-order valence-electron chi connectivity index (χ4n) is 1.90. The third-order valence-corrected chi connectivity index (χ3v) is 2.70. The van der Waals surface area contributed by atoms with Crippen molar-refractivity contribution in [2.24, 2.45) is 5.92 Å². The van der Waals surface area contributed by atoms with E-state index in [1.807, 2.05) is 28.1 Å². The smallest absolute Gasteiger partial charge is 0.306 e. The van der Waals surface area contributed by atoms with Gasteiger partial charge in [0, 0.05) is 5.92 Å². The second-order valence-electron chi connectivity index (χ2n) is 5.72. The van der Waals surface area contributed by atoms with Crippen LogP contribution in [-0.4, -0.2) is 59.7 Å². The van der Waals surface area contributed by atoms with Crippen LogP contribution in [0.15, 0.2) is 0 Å². The SMILES string of the molecule is CCC(C)C(=O)[C@](O)(CC(=O)O)C[N+](C)(C)C. The van der Waals surface area contributed by atoms with Crippen LogP contribution in [0.25, 0.3) is 0 Å². The molecule has 17 heavy (non-hydrogen) atoms. The Labute approximate surface area is 103 Å². The molecule has 0 aromatic rings. The zero-order valence-corrected chi connectivity index (χ0v) is 11.4. The van der Waals surface area contributed by atoms with E-state index in [0.29, 0.717) is 10.9 Å². The molecule has 2 N–H and O–H groups in total. The molecule has 0 aromatic carbocycles. The molecule has 0 aliphatic heterocycles. The molecule has 0 radical (unpaired) electrons. The van der Waals surface area contributed by atoms with Gasteiger partial charge in [-0.05, 0) is 6.42 Å². The van der Waals surface area contributed by atoms with Crippen molar-refractivity contribution in [2.75, 3.05) is 27.7 Å². The number of hydrogen-bond acceptors (Lipinski definition) is 3. The van der Waals surface area contributed by atoms with E-state index in [-0.39, 0.29) is 18.2 Å². The fraction of sp³-hybridized carbons (Fsp3) is 0.833. The van der Waals surface area contributed by atoms with Gasteiger partial charge in [0.1, 0.15) is 6.54 Å². The van der Waals surface area contributed by atoms with Gasteiger partial charge < -0.3 is 14.7 Å². The molecule has 0 bridgehead atoms. The lowest BCUT2D eigenvalue weighted by Crippen LogP contribution is -2.56. The number of ketones is 1. The minimum atomic E-state index is -1.78. The van der Waals surface area contributed by atoms with Crippen molar-refractivity contribution < 1.29 is 24.3 Å². The summed E-state index contributed by atoms with van der Waals surface area (Å²) in [5, 5.41) is 19.2. The molecule has 5 heteroatoms. The summed E-state index contributed by atoms with van der Waals surface area (Å²) in [6.07, 6.45) is 0.0591. The second kappa shape index (κ2) is 5.60. The van der Waals surface area contributed by atoms with Crippen LogP contribution in [0.2, 0.25) is 0 Å². The number of carboxylic acid groups (broad SMARTS) is 1. The van der Waals surface area contributed by atoms with Gasteiger partial charge in [0.15, 0.2) is 11.4 Å². The Hall–Kier alpha value is -0.940. The minimum absolute atomic E-state index is 0.0997. The summed E-state index contributed by atoms with van der Waals surface area (Å²) in [6, 6.07) is 0. The van der Waals surface area contributed by atoms with Crippen LogP contribution in [0.4, 0.5) is 0 Å². The average molecular weight is 246 g/mol. The number of hydrogen-bond donors (Lipinski definition) is 2. The summed E-state index contributed by atoms with van der Waals surface area (Å²) in [4.78, 5) is 22.9. The molecule has 0 amide bonds. The summed E-state index contributed by atoms with van der Waals surface area (Å²) in [7, 11) is 5.45. The van der Waals surface area contributed by atoms with Gasteiger partial charge in [0.25, 0.3) is 0 Å². The summed E-state index contributed by atoms with van der Waals surface area (Å²) in [5.41, 5.74) is -1.78. The van der Waals surface area contributed by atoms with Crippen LogP contribution in [0.1, 0.15) is 26.7 Å². The number of carboxylic acids is 1. The molecule has 0 aliphatic rings. The van der Waals surface area contributed by atoms with Gasteiger partial charge in [-0.3, -0.25) is 9.59 Å². The highest BCUT2D eigenvalue weighted by atomic mass is 16.4. The number of aliphatic carboxylic acids is 1. The van der Waals surface area contributed by atoms with E-state index in [2.05, 4.69) is 0 Å². The molecule has 0 heterocycles. The van der Waals surface area contributed by atoms with Crippen molar-refractivity contribution in [3.63, 3.8) is 0 Å². The van der Waals surface area contributed by atoms with Crippen LogP contribution in [0, 0.1) is 5.92 Å². The Bertz CT molecular complexity index is 295. The number of likely N-dealkylation sites (N-methyl/N-ethyl adjacent to an activating group) is 1. The standard InChI is InChI=1S/C12H23NO4/c1-6-9(2)11(16)12(17,7-10(14)15)8-13(3,4)5/h9,17H,6-8H2,1-5H3/p+1/t9?,12-/m0/s1. The van der Waals surface area contributed by atoms with Crippen molar-refractivity contribution in [1.29, 1.82) is 0 Å². The third kappa shape index (κ3) is 5.28. The summed E-state index contributed by atoms with van der Waals surface area (Å²) < 4.78 is 0.339. The van der Waals surface area contributed by atoms with Gasteiger partial charge in [-0.2, -0.15) is 0 Å². The normalized spacial score (nSPS) is 17.3. The lowest BCUT2D eigenvalue weighted by Gasteiger charge is -2.34. The predicted octanol–water partition coefficient (Wildman–Crippen LogP) is 0.514. The van der Waals surface area contributed by atoms with Crippen molar-refractivity contribution in [2.45, 2.75) is 32.3 Å². The largest absolute Gasteiger partial charge is 0.481 e. The summed E-state index contributed by atoms with van der Waals surface area (Å²) >= 11 is 0. The van der Waals surface area contributed by atoms with E-state index >= 15 is 0 Å². The zero-order chi connectivity index (χ0) is 13.9. The molecule has 0 rings (SSSR count). The van der Waals surface area contributed by atoms with Gasteiger partial charge in [-0.25, -0.2) is 0 Å². The van der Waals surface area contributed by atoms with Crippen molar-refractivity contribution in [1.82, 2.24) is 0 Å². The molecule has 0 aromatic heterocycles. The van der Waals surface area contributed by atoms with E-state index in [0.717, 1.165) is 0 Å². The summed E-state index contributed by atoms with van der Waals surface area (Å²) in [5.74, 6) is -1.86. The van der Waals surface area contributed by atoms with Crippen molar-refractivity contribution in [3.8, 4) is 0 Å². The van der Waals surface area contributed by atoms with Gasteiger partial charge in [0.05, 0.1) is 27.6 Å². The first-order chi connectivity index (χ1) is 7.52. The average Bonchev–Trinajstić information content (AvgIpc) is 2.10. The first kappa shape index (κ1) is 16.1. The maximum Gasteiger partial charge on any atom is 0.306 e. The van der Waals surface area contributed by atoms with E-state index in [1.165, 1.54) is 0 Å². The molecule has 2 atom stereocenters. The topological polar surface area (TPSA) is 74.6 Å². The highest BCUT2D eigenvalue weighted by molar-refractivity contribution is 5.92. The van der Waals surface area contributed by atoms with Gasteiger partial charge >= 0.3 is 5.97 Å². The van der Waals surface area contributed by atoms with Crippen molar-refractivity contribution >= 4 is 11.8 Å². The van der Waals surface area contributed by atoms with Gasteiger partial charge in [0.2, 0.25) is 0 Å². The quantitative estimate of drug-likeness (QED) is 0.642. The maximum atomic E-state index is 12.1. The fourth-order valence-corrected chi connectivity index (χ4v) is 1.90. The number of carbonyl (C=O) groups is 2. The molecular formula is C12H24NO4+. The Morgan fingerprint density at radius 3 is 2.06 bits per heavy atom. The monoisotopic (exact) mass is 246 g/mol. The first-order valence-corrected chi connectivity index (χ1v) is 5.81. The molecule has 0 spiro atoms. The molecule has 0 saturated heterocycles. The lowest BCUT2D eigenvalue weighted by molar-refractivity contribution is -0.875. The first-order valence-electron chi connectivity index (χ1n) is 5.81.